The lowest BCUT2D eigenvalue weighted by Crippen LogP contribution is -2.09. The minimum Gasteiger partial charge on any atom is -0.472 e. The van der Waals surface area contributed by atoms with E-state index in [9.17, 15) is 9.59 Å². The van der Waals surface area contributed by atoms with Crippen LogP contribution in [0.3, 0.4) is 0 Å². The minimum atomic E-state index is -0.188. The van der Waals surface area contributed by atoms with E-state index in [0.717, 1.165) is 32.6 Å². The second kappa shape index (κ2) is 5.28. The van der Waals surface area contributed by atoms with E-state index in [1.54, 1.807) is 35.2 Å². The maximum Gasteiger partial charge on any atom is 0.206 e. The van der Waals surface area contributed by atoms with Crippen molar-refractivity contribution in [3.05, 3.63) is 81.5 Å². The van der Waals surface area contributed by atoms with E-state index in [4.69, 9.17) is 4.42 Å². The van der Waals surface area contributed by atoms with Crippen molar-refractivity contribution in [3.63, 3.8) is 0 Å². The first-order valence-electron chi connectivity index (χ1n) is 8.22. The Bertz CT molecular complexity index is 1630. The Morgan fingerprint density at radius 2 is 1.59 bits per heavy atom. The molecule has 0 bridgehead atoms. The molecule has 0 atom stereocenters. The molecule has 0 unspecified atom stereocenters. The third kappa shape index (κ3) is 1.92. The summed E-state index contributed by atoms with van der Waals surface area (Å²) in [4.78, 5) is 24.7. The molecule has 27 heavy (non-hydrogen) atoms. The van der Waals surface area contributed by atoms with Gasteiger partial charge in [0.05, 0.1) is 23.6 Å². The van der Waals surface area contributed by atoms with E-state index in [2.05, 4.69) is 5.10 Å². The second-order valence-corrected chi connectivity index (χ2v) is 6.45. The highest BCUT2D eigenvalue weighted by Gasteiger charge is 2.16. The highest BCUT2D eigenvalue weighted by Crippen LogP contribution is 2.32. The molecule has 0 N–H and O–H groups in total. The zero-order chi connectivity index (χ0) is 17.4. The molecule has 0 fully saturated rings. The van der Waals surface area contributed by atoms with Crippen LogP contribution in [0, 0.1) is 0 Å². The normalized spacial score (nSPS) is 11.7. The second-order valence-electron chi connectivity index (χ2n) is 6.45. The van der Waals surface area contributed by atoms with E-state index < -0.39 is 0 Å². The molecule has 0 aliphatic rings. The van der Waals surface area contributed by atoms with Crippen LogP contribution in [-0.2, 0) is 0 Å². The summed E-state index contributed by atoms with van der Waals surface area (Å²) in [6.07, 6.45) is 3.32. The van der Waals surface area contributed by atoms with Crippen LogP contribution >= 0.6 is 12.4 Å². The molecule has 0 radical (unpaired) electrons. The van der Waals surface area contributed by atoms with Gasteiger partial charge < -0.3 is 4.42 Å². The van der Waals surface area contributed by atoms with Gasteiger partial charge in [-0.25, -0.2) is 4.52 Å². The van der Waals surface area contributed by atoms with Gasteiger partial charge in [0.15, 0.2) is 5.43 Å². The van der Waals surface area contributed by atoms with Crippen LogP contribution in [0.5, 0.6) is 0 Å². The standard InChI is InChI=1S/C21H10N2O3.ClH/c24-17-5-3-14-16-9-11-1-2-12-10-26-8-7-13(12)21(11)23(16)22-20-18(25)6-4-15(17)19(14)20;/h1-10H;1H. The number of hydrogen-bond donors (Lipinski definition) is 0. The van der Waals surface area contributed by atoms with Crippen LogP contribution in [0.25, 0.3) is 48.9 Å². The molecule has 130 valence electrons. The summed E-state index contributed by atoms with van der Waals surface area (Å²) in [5.41, 5.74) is 1.82. The summed E-state index contributed by atoms with van der Waals surface area (Å²) in [7, 11) is 0. The molecule has 3 aromatic carbocycles. The molecular weight excluding hydrogens is 364 g/mol. The Morgan fingerprint density at radius 1 is 0.815 bits per heavy atom. The SMILES string of the molecule is Cl.O=c1ccc2c3c1ccc(=O)c3nn1c2cc2ccc3coccc3c21. The Balaban J connectivity index is 0.00000160. The maximum atomic E-state index is 12.5. The van der Waals surface area contributed by atoms with Gasteiger partial charge in [0.25, 0.3) is 0 Å². The molecule has 0 saturated carbocycles. The van der Waals surface area contributed by atoms with Crippen molar-refractivity contribution in [3.8, 4) is 0 Å². The number of benzene rings is 3. The van der Waals surface area contributed by atoms with E-state index in [-0.39, 0.29) is 23.3 Å². The first-order chi connectivity index (χ1) is 12.7. The van der Waals surface area contributed by atoms with Gasteiger partial charge in [0.1, 0.15) is 5.52 Å². The smallest absolute Gasteiger partial charge is 0.206 e. The summed E-state index contributed by atoms with van der Waals surface area (Å²) in [5, 5.41) is 9.63. The highest BCUT2D eigenvalue weighted by molar-refractivity contribution is 6.17. The number of rotatable bonds is 0. The fourth-order valence-electron chi connectivity index (χ4n) is 3.91. The van der Waals surface area contributed by atoms with Gasteiger partial charge >= 0.3 is 0 Å². The fourth-order valence-corrected chi connectivity index (χ4v) is 3.91. The largest absolute Gasteiger partial charge is 0.472 e. The average molecular weight is 375 g/mol. The molecule has 6 rings (SSSR count). The molecule has 0 amide bonds. The molecule has 3 heterocycles. The van der Waals surface area contributed by atoms with Gasteiger partial charge in [0.2, 0.25) is 5.43 Å². The van der Waals surface area contributed by atoms with Gasteiger partial charge in [0, 0.05) is 32.3 Å². The number of fused-ring (bicyclic) bond motifs is 6. The van der Waals surface area contributed by atoms with Crippen molar-refractivity contribution >= 4 is 61.3 Å². The van der Waals surface area contributed by atoms with Crippen molar-refractivity contribution in [1.82, 2.24) is 9.61 Å². The predicted molar refractivity (Wildman–Crippen MR) is 108 cm³/mol. The molecule has 6 aromatic rings. The predicted octanol–water partition coefficient (Wildman–Crippen LogP) is 4.12. The van der Waals surface area contributed by atoms with Crippen LogP contribution in [0.2, 0.25) is 0 Å². The Kier molecular flexibility index (Phi) is 3.09. The summed E-state index contributed by atoms with van der Waals surface area (Å²) in [6, 6.07) is 14.3. The van der Waals surface area contributed by atoms with Crippen LogP contribution in [0.15, 0.2) is 75.1 Å². The third-order valence-corrected chi connectivity index (χ3v) is 5.08. The van der Waals surface area contributed by atoms with Crippen LogP contribution < -0.4 is 10.9 Å². The summed E-state index contributed by atoms with van der Waals surface area (Å²) < 4.78 is 7.08. The van der Waals surface area contributed by atoms with Crippen LogP contribution in [-0.4, -0.2) is 9.61 Å². The molecule has 6 heteroatoms. The van der Waals surface area contributed by atoms with Crippen molar-refractivity contribution in [2.45, 2.75) is 0 Å². The molecular formula is C21H11ClN2O3. The van der Waals surface area contributed by atoms with Crippen molar-refractivity contribution in [1.29, 1.82) is 0 Å². The molecule has 0 aliphatic carbocycles. The summed E-state index contributed by atoms with van der Waals surface area (Å²) in [5.74, 6) is 0. The zero-order valence-corrected chi connectivity index (χ0v) is 14.6. The monoisotopic (exact) mass is 374 g/mol. The van der Waals surface area contributed by atoms with Crippen molar-refractivity contribution in [2.75, 3.05) is 0 Å². The lowest BCUT2D eigenvalue weighted by Gasteiger charge is -2.07. The molecule has 0 aliphatic heterocycles. The number of hydrogen-bond acceptors (Lipinski definition) is 4. The highest BCUT2D eigenvalue weighted by atomic mass is 35.5. The molecule has 3 aromatic heterocycles. The lowest BCUT2D eigenvalue weighted by atomic mass is 10.0. The van der Waals surface area contributed by atoms with Crippen LogP contribution in [0.4, 0.5) is 0 Å². The quantitative estimate of drug-likeness (QED) is 0.401. The van der Waals surface area contributed by atoms with E-state index in [0.29, 0.717) is 16.3 Å². The summed E-state index contributed by atoms with van der Waals surface area (Å²) in [6.45, 7) is 0. The Labute approximate surface area is 157 Å². The first-order valence-corrected chi connectivity index (χ1v) is 8.22. The lowest BCUT2D eigenvalue weighted by molar-refractivity contribution is 0.557. The van der Waals surface area contributed by atoms with E-state index in [1.807, 2.05) is 24.3 Å². The maximum absolute atomic E-state index is 12.5. The van der Waals surface area contributed by atoms with E-state index >= 15 is 0 Å². The average Bonchev–Trinajstić information content (AvgIpc) is 3.05. The molecule has 0 saturated heterocycles. The van der Waals surface area contributed by atoms with Crippen LogP contribution in [0.1, 0.15) is 0 Å². The topological polar surface area (TPSA) is 64.6 Å². The fraction of sp³-hybridized carbons (Fsp3) is 0. The number of nitrogens with zero attached hydrogens (tertiary/aromatic N) is 2. The summed E-state index contributed by atoms with van der Waals surface area (Å²) >= 11 is 0. The van der Waals surface area contributed by atoms with Crippen molar-refractivity contribution < 1.29 is 4.42 Å². The minimum absolute atomic E-state index is 0. The molecule has 0 spiro atoms. The van der Waals surface area contributed by atoms with Crippen molar-refractivity contribution in [2.24, 2.45) is 0 Å². The van der Waals surface area contributed by atoms with Gasteiger partial charge in [-0.15, -0.1) is 12.4 Å². The Hall–Kier alpha value is -3.44. The van der Waals surface area contributed by atoms with E-state index in [1.165, 1.54) is 6.07 Å². The number of aromatic nitrogens is 2. The van der Waals surface area contributed by atoms with Gasteiger partial charge in [-0.3, -0.25) is 9.59 Å². The third-order valence-electron chi connectivity index (χ3n) is 5.08. The Morgan fingerprint density at radius 3 is 2.48 bits per heavy atom. The number of halogens is 1. The first kappa shape index (κ1) is 15.8. The zero-order valence-electron chi connectivity index (χ0n) is 13.8. The van der Waals surface area contributed by atoms with Gasteiger partial charge in [-0.05, 0) is 36.4 Å². The van der Waals surface area contributed by atoms with Gasteiger partial charge in [-0.1, -0.05) is 12.1 Å². The molecule has 5 nitrogen and oxygen atoms in total. The van der Waals surface area contributed by atoms with Gasteiger partial charge in [-0.2, -0.15) is 5.10 Å².